The van der Waals surface area contributed by atoms with Gasteiger partial charge in [-0.15, -0.1) is 0 Å². The summed E-state index contributed by atoms with van der Waals surface area (Å²) in [4.78, 5) is 11.5. The number of hydrogen-bond donors (Lipinski definition) is 2. The van der Waals surface area contributed by atoms with Crippen LogP contribution < -0.4 is 11.1 Å². The molecule has 0 aliphatic heterocycles. The quantitative estimate of drug-likeness (QED) is 0.641. The molecule has 0 radical (unpaired) electrons. The average molecular weight is 331 g/mol. The van der Waals surface area contributed by atoms with Crippen molar-refractivity contribution in [3.05, 3.63) is 22.2 Å². The Morgan fingerprint density at radius 2 is 1.85 bits per heavy atom. The third kappa shape index (κ3) is 5.85. The number of hydrogen-bond acceptors (Lipinski definition) is 3. The molecule has 0 aliphatic rings. The highest BCUT2D eigenvalue weighted by atomic mass is 35.5. The zero-order valence-electron chi connectivity index (χ0n) is 10.1. The second-order valence-electron chi connectivity index (χ2n) is 3.83. The molecule has 0 aliphatic carbocycles. The highest BCUT2D eigenvalue weighted by molar-refractivity contribution is 6.40. The lowest BCUT2D eigenvalue weighted by Gasteiger charge is -2.11. The summed E-state index contributed by atoms with van der Waals surface area (Å²) in [6.45, 7) is -1.13. The predicted molar refractivity (Wildman–Crippen MR) is 71.0 cm³/mol. The van der Waals surface area contributed by atoms with Crippen molar-refractivity contribution in [2.75, 3.05) is 24.3 Å². The van der Waals surface area contributed by atoms with Gasteiger partial charge in [0.05, 0.1) is 28.8 Å². The van der Waals surface area contributed by atoms with Gasteiger partial charge in [0.1, 0.15) is 6.61 Å². The first kappa shape index (κ1) is 16.9. The van der Waals surface area contributed by atoms with E-state index in [-0.39, 0.29) is 15.7 Å². The molecular formula is C11H11Cl2F3N2O2. The number of alkyl halides is 3. The lowest BCUT2D eigenvalue weighted by molar-refractivity contribution is -0.147. The molecule has 9 heteroatoms. The summed E-state index contributed by atoms with van der Waals surface area (Å²) < 4.78 is 40.1. The maximum absolute atomic E-state index is 11.8. The fourth-order valence-corrected chi connectivity index (χ4v) is 1.84. The Balaban J connectivity index is 2.47. The Morgan fingerprint density at radius 3 is 2.35 bits per heavy atom. The monoisotopic (exact) mass is 330 g/mol. The highest BCUT2D eigenvalue weighted by Gasteiger charge is 2.26. The summed E-state index contributed by atoms with van der Waals surface area (Å²) in [6, 6.07) is 2.76. The summed E-state index contributed by atoms with van der Waals surface area (Å²) in [5.74, 6) is -0.666. The minimum Gasteiger partial charge on any atom is -0.399 e. The largest absolute Gasteiger partial charge is 0.399 e. The van der Waals surface area contributed by atoms with Crippen LogP contribution in [0.2, 0.25) is 10.0 Å². The van der Waals surface area contributed by atoms with E-state index < -0.39 is 31.7 Å². The van der Waals surface area contributed by atoms with Gasteiger partial charge < -0.3 is 15.8 Å². The van der Waals surface area contributed by atoms with Gasteiger partial charge in [0.15, 0.2) is 0 Å². The van der Waals surface area contributed by atoms with Crippen molar-refractivity contribution in [1.82, 2.24) is 0 Å². The van der Waals surface area contributed by atoms with Crippen molar-refractivity contribution in [3.63, 3.8) is 0 Å². The number of carbonyl (C=O) groups excluding carboxylic acids is 1. The van der Waals surface area contributed by atoms with Crippen molar-refractivity contribution >= 4 is 40.5 Å². The van der Waals surface area contributed by atoms with Crippen molar-refractivity contribution in [1.29, 1.82) is 0 Å². The zero-order valence-corrected chi connectivity index (χ0v) is 11.6. The number of nitrogen functional groups attached to an aromatic ring is 1. The van der Waals surface area contributed by atoms with E-state index in [2.05, 4.69) is 10.1 Å². The standard InChI is InChI=1S/C11H11Cl2F3N2O2/c12-7-3-6(17)4-8(13)10(7)18-9(19)5-20-2-1-11(14,15)16/h3-4H,1-2,5,17H2,(H,18,19). The van der Waals surface area contributed by atoms with Crippen LogP contribution in [0.4, 0.5) is 24.5 Å². The van der Waals surface area contributed by atoms with Gasteiger partial charge in [-0.25, -0.2) is 0 Å². The molecule has 0 aromatic heterocycles. The predicted octanol–water partition coefficient (Wildman–Crippen LogP) is 3.48. The third-order valence-electron chi connectivity index (χ3n) is 2.09. The Hall–Kier alpha value is -1.18. The van der Waals surface area contributed by atoms with E-state index in [1.54, 1.807) is 0 Å². The average Bonchev–Trinajstić information content (AvgIpc) is 2.28. The van der Waals surface area contributed by atoms with Crippen molar-refractivity contribution < 1.29 is 22.7 Å². The highest BCUT2D eigenvalue weighted by Crippen LogP contribution is 2.32. The first-order valence-electron chi connectivity index (χ1n) is 5.38. The van der Waals surface area contributed by atoms with E-state index in [0.717, 1.165) is 0 Å². The second kappa shape index (κ2) is 7.01. The SMILES string of the molecule is Nc1cc(Cl)c(NC(=O)COCCC(F)(F)F)c(Cl)c1. The van der Waals surface area contributed by atoms with E-state index in [9.17, 15) is 18.0 Å². The first-order chi connectivity index (χ1) is 9.19. The van der Waals surface area contributed by atoms with Crippen molar-refractivity contribution in [2.45, 2.75) is 12.6 Å². The van der Waals surface area contributed by atoms with Crippen LogP contribution >= 0.6 is 23.2 Å². The lowest BCUT2D eigenvalue weighted by atomic mass is 10.3. The van der Waals surface area contributed by atoms with Crippen LogP contribution in [0.1, 0.15) is 6.42 Å². The molecule has 1 amide bonds. The number of halogens is 5. The fourth-order valence-electron chi connectivity index (χ4n) is 1.24. The molecule has 0 saturated heterocycles. The lowest BCUT2D eigenvalue weighted by Crippen LogP contribution is -2.21. The van der Waals surface area contributed by atoms with Crippen LogP contribution in [0, 0.1) is 0 Å². The minimum atomic E-state index is -4.32. The van der Waals surface area contributed by atoms with Gasteiger partial charge in [-0.2, -0.15) is 13.2 Å². The number of nitrogens with one attached hydrogen (secondary N) is 1. The van der Waals surface area contributed by atoms with E-state index in [4.69, 9.17) is 28.9 Å². The van der Waals surface area contributed by atoms with Gasteiger partial charge in [-0.05, 0) is 12.1 Å². The fraction of sp³-hybridized carbons (Fsp3) is 0.364. The molecule has 1 aromatic carbocycles. The zero-order chi connectivity index (χ0) is 15.3. The third-order valence-corrected chi connectivity index (χ3v) is 2.69. The van der Waals surface area contributed by atoms with Gasteiger partial charge in [0.25, 0.3) is 0 Å². The number of rotatable bonds is 5. The topological polar surface area (TPSA) is 64.3 Å². The number of benzene rings is 1. The van der Waals surface area contributed by atoms with Gasteiger partial charge >= 0.3 is 6.18 Å². The molecule has 0 saturated carbocycles. The Labute approximate surface area is 123 Å². The molecule has 20 heavy (non-hydrogen) atoms. The van der Waals surface area contributed by atoms with Crippen molar-refractivity contribution in [3.8, 4) is 0 Å². The van der Waals surface area contributed by atoms with Gasteiger partial charge in [-0.1, -0.05) is 23.2 Å². The molecule has 0 heterocycles. The molecule has 112 valence electrons. The molecule has 1 rings (SSSR count). The Morgan fingerprint density at radius 1 is 1.30 bits per heavy atom. The molecular weight excluding hydrogens is 320 g/mol. The molecule has 1 aromatic rings. The van der Waals surface area contributed by atoms with E-state index in [1.165, 1.54) is 12.1 Å². The van der Waals surface area contributed by atoms with Crippen LogP contribution in [0.5, 0.6) is 0 Å². The van der Waals surface area contributed by atoms with Crippen molar-refractivity contribution in [2.24, 2.45) is 0 Å². The number of amides is 1. The maximum atomic E-state index is 11.8. The number of anilines is 2. The van der Waals surface area contributed by atoms with Crippen LogP contribution in [0.15, 0.2) is 12.1 Å². The first-order valence-corrected chi connectivity index (χ1v) is 6.13. The summed E-state index contributed by atoms with van der Waals surface area (Å²) in [5, 5.41) is 2.59. The Bertz CT molecular complexity index is 472. The number of nitrogens with two attached hydrogens (primary N) is 1. The van der Waals surface area contributed by atoms with Gasteiger partial charge in [-0.3, -0.25) is 4.79 Å². The minimum absolute atomic E-state index is 0.124. The molecule has 3 N–H and O–H groups in total. The van der Waals surface area contributed by atoms with Crippen LogP contribution in [0.25, 0.3) is 0 Å². The van der Waals surface area contributed by atoms with E-state index >= 15 is 0 Å². The summed E-state index contributed by atoms with van der Waals surface area (Å²) in [5.41, 5.74) is 5.94. The normalized spacial score (nSPS) is 11.4. The van der Waals surface area contributed by atoms with Gasteiger partial charge in [0.2, 0.25) is 5.91 Å². The van der Waals surface area contributed by atoms with Gasteiger partial charge in [0, 0.05) is 5.69 Å². The van der Waals surface area contributed by atoms with Crippen LogP contribution in [-0.4, -0.2) is 25.3 Å². The number of carbonyl (C=O) groups is 1. The molecule has 0 atom stereocenters. The molecule has 4 nitrogen and oxygen atoms in total. The molecule has 0 spiro atoms. The maximum Gasteiger partial charge on any atom is 0.391 e. The molecule has 0 fully saturated rings. The second-order valence-corrected chi connectivity index (χ2v) is 4.64. The number of ether oxygens (including phenoxy) is 1. The van der Waals surface area contributed by atoms with Crippen LogP contribution in [-0.2, 0) is 9.53 Å². The smallest absolute Gasteiger partial charge is 0.391 e. The summed E-state index contributed by atoms with van der Waals surface area (Å²) in [7, 11) is 0. The van der Waals surface area contributed by atoms with Crippen LogP contribution in [0.3, 0.4) is 0 Å². The molecule has 0 bridgehead atoms. The molecule has 0 unspecified atom stereocenters. The summed E-state index contributed by atoms with van der Waals surface area (Å²) in [6.07, 6.45) is -5.44. The van der Waals surface area contributed by atoms with E-state index in [1.807, 2.05) is 0 Å². The summed E-state index contributed by atoms with van der Waals surface area (Å²) >= 11 is 11.7. The van der Waals surface area contributed by atoms with E-state index in [0.29, 0.717) is 5.69 Å². The Kier molecular flexibility index (Phi) is 5.91.